The van der Waals surface area contributed by atoms with Crippen molar-refractivity contribution in [3.05, 3.63) is 36.5 Å². The van der Waals surface area contributed by atoms with Gasteiger partial charge in [-0.15, -0.1) is 0 Å². The van der Waals surface area contributed by atoms with Crippen molar-refractivity contribution in [3.8, 4) is 0 Å². The van der Waals surface area contributed by atoms with Gasteiger partial charge in [0.15, 0.2) is 11.9 Å². The number of allylic oxidation sites excluding steroid dienone is 5. The zero-order valence-corrected chi connectivity index (χ0v) is 20.9. The van der Waals surface area contributed by atoms with Crippen molar-refractivity contribution in [2.75, 3.05) is 0 Å². The first-order valence-corrected chi connectivity index (χ1v) is 12.4. The lowest BCUT2D eigenvalue weighted by Crippen LogP contribution is -2.65. The Morgan fingerprint density at radius 1 is 0.973 bits per heavy atom. The molecule has 2 fully saturated rings. The van der Waals surface area contributed by atoms with Gasteiger partial charge in [0, 0.05) is 12.8 Å². The van der Waals surface area contributed by atoms with Crippen LogP contribution in [0, 0.1) is 5.92 Å². The van der Waals surface area contributed by atoms with Crippen LogP contribution in [0.1, 0.15) is 39.5 Å². The second kappa shape index (κ2) is 13.9. The lowest BCUT2D eigenvalue weighted by atomic mass is 9.86. The molecule has 12 heteroatoms. The predicted octanol–water partition coefficient (Wildman–Crippen LogP) is -2.23. The quantitative estimate of drug-likeness (QED) is 0.0964. The Kier molecular flexibility index (Phi) is 11.8. The highest BCUT2D eigenvalue weighted by Gasteiger charge is 2.54. The third-order valence-corrected chi connectivity index (χ3v) is 6.66. The third kappa shape index (κ3) is 7.90. The van der Waals surface area contributed by atoms with Crippen molar-refractivity contribution in [1.82, 2.24) is 0 Å². The third-order valence-electron chi connectivity index (χ3n) is 6.66. The highest BCUT2D eigenvalue weighted by Crippen LogP contribution is 2.34. The lowest BCUT2D eigenvalue weighted by Gasteiger charge is -2.47. The molecule has 0 aromatic carbocycles. The number of ether oxygens (including phenoxy) is 2. The Morgan fingerprint density at radius 3 is 2.22 bits per heavy atom. The zero-order valence-electron chi connectivity index (χ0n) is 20.9. The van der Waals surface area contributed by atoms with E-state index >= 15 is 0 Å². The number of hydrogen-bond acceptors (Lipinski definition) is 12. The van der Waals surface area contributed by atoms with E-state index in [2.05, 4.69) is 0 Å². The predicted molar refractivity (Wildman–Crippen MR) is 128 cm³/mol. The fourth-order valence-electron chi connectivity index (χ4n) is 4.27. The summed E-state index contributed by atoms with van der Waals surface area (Å²) in [6.07, 6.45) is -6.59. The Labute approximate surface area is 215 Å². The second-order valence-corrected chi connectivity index (χ2v) is 9.65. The van der Waals surface area contributed by atoms with Gasteiger partial charge in [-0.05, 0) is 13.3 Å². The van der Waals surface area contributed by atoms with Crippen LogP contribution in [0.5, 0.6) is 0 Å². The molecule has 0 aromatic heterocycles. The summed E-state index contributed by atoms with van der Waals surface area (Å²) in [5.74, 6) is -4.27. The number of hydrogen-bond donors (Lipinski definition) is 9. The minimum absolute atomic E-state index is 0.603. The summed E-state index contributed by atoms with van der Waals surface area (Å²) in [6, 6.07) is 0. The maximum absolute atomic E-state index is 11.6. The molecule has 2 saturated heterocycles. The lowest BCUT2D eigenvalue weighted by molar-refractivity contribution is -0.354. The molecule has 0 bridgehead atoms. The molecule has 2 aliphatic rings. The second-order valence-electron chi connectivity index (χ2n) is 9.65. The molecule has 2 rings (SSSR count). The summed E-state index contributed by atoms with van der Waals surface area (Å²) >= 11 is 0. The van der Waals surface area contributed by atoms with Gasteiger partial charge in [0.2, 0.25) is 0 Å². The maximum Gasteiger partial charge on any atom is 0.311 e. The van der Waals surface area contributed by atoms with Crippen LogP contribution in [-0.4, -0.2) is 119 Å². The Bertz CT molecular complexity index is 815. The normalized spacial score (nSPS) is 38.4. The molecular formula is C25H40O12. The summed E-state index contributed by atoms with van der Waals surface area (Å²) in [5.41, 5.74) is 0. The molecule has 212 valence electrons. The standard InChI is InChI=1S/C25H40O12/c1-3-4-5-6-7-8-9-10-14(26)12-25(35)23(33)21(32)19(30)16(37-25)11-15(27)18(29)20(31)22-17(28)13(2)24(34)36-22/h5-10,13-23,26-33,35H,3-4,11-12H2,1-2H3/b6-5+,8-7+,10-9+/t13-,14+,15-,16+,17-,18+,19+,20-,21-,22-,23-,25-/m0/s1. The smallest absolute Gasteiger partial charge is 0.311 e. The van der Waals surface area contributed by atoms with Gasteiger partial charge in [0.05, 0.1) is 24.2 Å². The van der Waals surface area contributed by atoms with Gasteiger partial charge in [-0.25, -0.2) is 0 Å². The molecule has 0 spiro atoms. The molecule has 0 radical (unpaired) electrons. The van der Waals surface area contributed by atoms with Crippen LogP contribution in [0.4, 0.5) is 0 Å². The molecular weight excluding hydrogens is 492 g/mol. The molecule has 0 aliphatic carbocycles. The van der Waals surface area contributed by atoms with Crippen LogP contribution in [0.15, 0.2) is 36.5 Å². The summed E-state index contributed by atoms with van der Waals surface area (Å²) in [6.45, 7) is 3.41. The van der Waals surface area contributed by atoms with Gasteiger partial charge in [0.1, 0.15) is 36.6 Å². The van der Waals surface area contributed by atoms with E-state index in [0.717, 1.165) is 12.8 Å². The minimum atomic E-state index is -2.53. The highest BCUT2D eigenvalue weighted by atomic mass is 16.7. The molecule has 12 atom stereocenters. The number of cyclic esters (lactones) is 1. The van der Waals surface area contributed by atoms with E-state index < -0.39 is 91.6 Å². The highest BCUT2D eigenvalue weighted by molar-refractivity contribution is 5.75. The van der Waals surface area contributed by atoms with Gasteiger partial charge in [-0.3, -0.25) is 4.79 Å². The van der Waals surface area contributed by atoms with Crippen molar-refractivity contribution in [2.45, 2.75) is 106 Å². The fourth-order valence-corrected chi connectivity index (χ4v) is 4.27. The minimum Gasteiger partial charge on any atom is -0.456 e. The van der Waals surface area contributed by atoms with Gasteiger partial charge < -0.3 is 55.4 Å². The van der Waals surface area contributed by atoms with Crippen LogP contribution >= 0.6 is 0 Å². The van der Waals surface area contributed by atoms with E-state index in [1.54, 1.807) is 12.2 Å². The summed E-state index contributed by atoms with van der Waals surface area (Å²) in [7, 11) is 0. The first-order valence-electron chi connectivity index (χ1n) is 12.4. The largest absolute Gasteiger partial charge is 0.456 e. The molecule has 0 saturated carbocycles. The molecule has 9 N–H and O–H groups in total. The van der Waals surface area contributed by atoms with E-state index in [0.29, 0.717) is 0 Å². The van der Waals surface area contributed by atoms with Crippen LogP contribution in [0.25, 0.3) is 0 Å². The molecule has 0 aromatic rings. The number of aliphatic hydroxyl groups is 9. The average Bonchev–Trinajstić information content (AvgIpc) is 3.11. The summed E-state index contributed by atoms with van der Waals surface area (Å²) in [4.78, 5) is 11.6. The number of carbonyl (C=O) groups is 1. The van der Waals surface area contributed by atoms with E-state index in [4.69, 9.17) is 9.47 Å². The van der Waals surface area contributed by atoms with Gasteiger partial charge in [-0.2, -0.15) is 0 Å². The molecule has 0 unspecified atom stereocenters. The number of esters is 1. The average molecular weight is 533 g/mol. The molecule has 2 heterocycles. The van der Waals surface area contributed by atoms with Gasteiger partial charge in [-0.1, -0.05) is 49.8 Å². The number of carbonyl (C=O) groups excluding carboxylic acids is 1. The molecule has 37 heavy (non-hydrogen) atoms. The van der Waals surface area contributed by atoms with Gasteiger partial charge >= 0.3 is 5.97 Å². The van der Waals surface area contributed by atoms with Crippen LogP contribution < -0.4 is 0 Å². The van der Waals surface area contributed by atoms with E-state index in [-0.39, 0.29) is 0 Å². The number of rotatable bonds is 12. The van der Waals surface area contributed by atoms with Crippen LogP contribution in [0.3, 0.4) is 0 Å². The monoisotopic (exact) mass is 532 g/mol. The summed E-state index contributed by atoms with van der Waals surface area (Å²) in [5, 5.41) is 93.2. The van der Waals surface area contributed by atoms with E-state index in [9.17, 15) is 50.8 Å². The molecule has 0 amide bonds. The van der Waals surface area contributed by atoms with Crippen molar-refractivity contribution in [3.63, 3.8) is 0 Å². The Hall–Kier alpha value is -1.71. The van der Waals surface area contributed by atoms with Gasteiger partial charge in [0.25, 0.3) is 0 Å². The Morgan fingerprint density at radius 2 is 1.62 bits per heavy atom. The first-order chi connectivity index (χ1) is 17.3. The topological polar surface area (TPSA) is 218 Å². The number of aliphatic hydroxyl groups excluding tert-OH is 8. The van der Waals surface area contributed by atoms with Crippen molar-refractivity contribution < 1.29 is 60.2 Å². The van der Waals surface area contributed by atoms with E-state index in [1.807, 2.05) is 19.1 Å². The maximum atomic E-state index is 11.6. The van der Waals surface area contributed by atoms with Crippen molar-refractivity contribution in [2.24, 2.45) is 5.92 Å². The van der Waals surface area contributed by atoms with Crippen molar-refractivity contribution in [1.29, 1.82) is 0 Å². The molecule has 12 nitrogen and oxygen atoms in total. The van der Waals surface area contributed by atoms with Crippen LogP contribution in [0.2, 0.25) is 0 Å². The van der Waals surface area contributed by atoms with Crippen molar-refractivity contribution >= 4 is 5.97 Å². The fraction of sp³-hybridized carbons (Fsp3) is 0.720. The van der Waals surface area contributed by atoms with Crippen LogP contribution in [-0.2, 0) is 14.3 Å². The number of unbranched alkanes of at least 4 members (excludes halogenated alkanes) is 1. The molecule has 2 aliphatic heterocycles. The summed E-state index contributed by atoms with van der Waals surface area (Å²) < 4.78 is 10.2. The SMILES string of the molecule is CCC/C=C/C=C/C=C/[C@@H](O)C[C@]1(O)O[C@H](C[C@H](O)[C@@H](O)[C@H](O)[C@H]2OC(=O)[C@@H](C)[C@@H]2O)[C@@H](O)[C@H](O)[C@@H]1O. The first kappa shape index (κ1) is 31.5. The zero-order chi connectivity index (χ0) is 27.9. The Balaban J connectivity index is 2.03. The van der Waals surface area contributed by atoms with E-state index in [1.165, 1.54) is 19.1 Å².